The third kappa shape index (κ3) is 8.21. The van der Waals surface area contributed by atoms with Gasteiger partial charge in [0.15, 0.2) is 0 Å². The van der Waals surface area contributed by atoms with Crippen LogP contribution in [0.25, 0.3) is 0 Å². The fraction of sp³-hybridized carbons (Fsp3) is 0.667. The standard InChI is InChI=1S/C18H30O2/c1-17-13-9-10-14-18(17)20-16-12-8-6-4-2-3-5-7-11-15-19/h9-10,13-14,19H,2-8,11-12,15-16H2,1H3. The smallest absolute Gasteiger partial charge is 0.122 e. The van der Waals surface area contributed by atoms with Gasteiger partial charge >= 0.3 is 0 Å². The normalized spacial score (nSPS) is 10.7. The van der Waals surface area contributed by atoms with Crippen molar-refractivity contribution in [1.29, 1.82) is 0 Å². The van der Waals surface area contributed by atoms with Crippen molar-refractivity contribution in [2.45, 2.75) is 64.7 Å². The molecule has 0 bridgehead atoms. The van der Waals surface area contributed by atoms with Crippen molar-refractivity contribution in [3.63, 3.8) is 0 Å². The van der Waals surface area contributed by atoms with E-state index in [2.05, 4.69) is 13.0 Å². The molecule has 20 heavy (non-hydrogen) atoms. The van der Waals surface area contributed by atoms with E-state index in [1.165, 1.54) is 50.5 Å². The highest BCUT2D eigenvalue weighted by Crippen LogP contribution is 2.17. The van der Waals surface area contributed by atoms with Crippen LogP contribution in [0.2, 0.25) is 0 Å². The molecule has 114 valence electrons. The highest BCUT2D eigenvalue weighted by molar-refractivity contribution is 5.31. The lowest BCUT2D eigenvalue weighted by atomic mass is 10.1. The molecule has 2 nitrogen and oxygen atoms in total. The van der Waals surface area contributed by atoms with E-state index >= 15 is 0 Å². The van der Waals surface area contributed by atoms with Crippen LogP contribution in [0.15, 0.2) is 24.3 Å². The van der Waals surface area contributed by atoms with E-state index in [4.69, 9.17) is 9.84 Å². The molecule has 1 N–H and O–H groups in total. The number of aliphatic hydroxyl groups excluding tert-OH is 1. The Morgan fingerprint density at radius 2 is 1.35 bits per heavy atom. The number of aliphatic hydroxyl groups is 1. The largest absolute Gasteiger partial charge is 0.493 e. The summed E-state index contributed by atoms with van der Waals surface area (Å²) in [5, 5.41) is 8.68. The van der Waals surface area contributed by atoms with Gasteiger partial charge in [-0.25, -0.2) is 0 Å². The van der Waals surface area contributed by atoms with Gasteiger partial charge in [-0.05, 0) is 31.4 Å². The lowest BCUT2D eigenvalue weighted by molar-refractivity contribution is 0.282. The van der Waals surface area contributed by atoms with Crippen molar-refractivity contribution in [2.24, 2.45) is 0 Å². The van der Waals surface area contributed by atoms with Gasteiger partial charge in [0.1, 0.15) is 5.75 Å². The average molecular weight is 278 g/mol. The summed E-state index contributed by atoms with van der Waals surface area (Å²) < 4.78 is 5.79. The zero-order chi connectivity index (χ0) is 14.5. The van der Waals surface area contributed by atoms with Crippen LogP contribution in [-0.2, 0) is 0 Å². The monoisotopic (exact) mass is 278 g/mol. The van der Waals surface area contributed by atoms with Crippen LogP contribution in [-0.4, -0.2) is 18.3 Å². The van der Waals surface area contributed by atoms with Gasteiger partial charge in [-0.15, -0.1) is 0 Å². The van der Waals surface area contributed by atoms with Crippen LogP contribution in [0.1, 0.15) is 63.4 Å². The molecule has 0 aliphatic rings. The van der Waals surface area contributed by atoms with Crippen molar-refractivity contribution < 1.29 is 9.84 Å². The average Bonchev–Trinajstić information content (AvgIpc) is 2.46. The SMILES string of the molecule is Cc1ccccc1OCCCCCCCCCCCO. The maximum absolute atomic E-state index is 8.68. The molecule has 0 atom stereocenters. The first kappa shape index (κ1) is 17.0. The van der Waals surface area contributed by atoms with E-state index in [1.807, 2.05) is 18.2 Å². The molecule has 0 spiro atoms. The Balaban J connectivity index is 1.87. The predicted molar refractivity (Wildman–Crippen MR) is 85.3 cm³/mol. The summed E-state index contributed by atoms with van der Waals surface area (Å²) in [7, 11) is 0. The maximum Gasteiger partial charge on any atom is 0.122 e. The highest BCUT2D eigenvalue weighted by atomic mass is 16.5. The molecule has 0 heterocycles. The minimum Gasteiger partial charge on any atom is -0.493 e. The van der Waals surface area contributed by atoms with Crippen LogP contribution in [0.3, 0.4) is 0 Å². The van der Waals surface area contributed by atoms with Gasteiger partial charge in [0.25, 0.3) is 0 Å². The molecular formula is C18H30O2. The lowest BCUT2D eigenvalue weighted by Crippen LogP contribution is -1.98. The fourth-order valence-electron chi connectivity index (χ4n) is 2.35. The predicted octanol–water partition coefficient (Wildman–Crippen LogP) is 4.88. The van der Waals surface area contributed by atoms with Crippen LogP contribution in [0.5, 0.6) is 5.75 Å². The van der Waals surface area contributed by atoms with E-state index in [-0.39, 0.29) is 0 Å². The Morgan fingerprint density at radius 3 is 1.95 bits per heavy atom. The van der Waals surface area contributed by atoms with E-state index in [9.17, 15) is 0 Å². The second-order valence-electron chi connectivity index (χ2n) is 5.52. The summed E-state index contributed by atoms with van der Waals surface area (Å²) in [6.07, 6.45) is 11.2. The van der Waals surface area contributed by atoms with Crippen LogP contribution < -0.4 is 4.74 Å². The third-order valence-corrected chi connectivity index (χ3v) is 3.65. The Morgan fingerprint density at radius 1 is 0.800 bits per heavy atom. The van der Waals surface area contributed by atoms with Crippen molar-refractivity contribution in [1.82, 2.24) is 0 Å². The van der Waals surface area contributed by atoms with E-state index in [1.54, 1.807) is 0 Å². The molecule has 1 aromatic rings. The van der Waals surface area contributed by atoms with Gasteiger partial charge in [0, 0.05) is 6.61 Å². The summed E-state index contributed by atoms with van der Waals surface area (Å²) in [5.74, 6) is 1.02. The summed E-state index contributed by atoms with van der Waals surface area (Å²) in [6.45, 7) is 3.27. The zero-order valence-electron chi connectivity index (χ0n) is 12.9. The van der Waals surface area contributed by atoms with Gasteiger partial charge in [-0.2, -0.15) is 0 Å². The number of ether oxygens (including phenoxy) is 1. The Kier molecular flexibility index (Phi) is 10.0. The lowest BCUT2D eigenvalue weighted by Gasteiger charge is -2.08. The van der Waals surface area contributed by atoms with Crippen LogP contribution >= 0.6 is 0 Å². The van der Waals surface area contributed by atoms with E-state index < -0.39 is 0 Å². The molecule has 0 unspecified atom stereocenters. The Bertz CT molecular complexity index is 336. The third-order valence-electron chi connectivity index (χ3n) is 3.65. The van der Waals surface area contributed by atoms with Crippen molar-refractivity contribution in [2.75, 3.05) is 13.2 Å². The first-order chi connectivity index (χ1) is 9.84. The summed E-state index contributed by atoms with van der Waals surface area (Å²) in [6, 6.07) is 8.20. The molecule has 0 aliphatic heterocycles. The Hall–Kier alpha value is -1.02. The van der Waals surface area contributed by atoms with Crippen molar-refractivity contribution in [3.8, 4) is 5.75 Å². The van der Waals surface area contributed by atoms with Gasteiger partial charge in [-0.3, -0.25) is 0 Å². The van der Waals surface area contributed by atoms with Gasteiger partial charge in [-0.1, -0.05) is 63.1 Å². The number of hydrogen-bond acceptors (Lipinski definition) is 2. The number of hydrogen-bond donors (Lipinski definition) is 1. The first-order valence-electron chi connectivity index (χ1n) is 8.14. The summed E-state index contributed by atoms with van der Waals surface area (Å²) >= 11 is 0. The van der Waals surface area contributed by atoms with Gasteiger partial charge in [0.2, 0.25) is 0 Å². The molecule has 0 aromatic heterocycles. The molecule has 0 saturated heterocycles. The second kappa shape index (κ2) is 11.8. The quantitative estimate of drug-likeness (QED) is 0.552. The van der Waals surface area contributed by atoms with Gasteiger partial charge in [0.05, 0.1) is 6.61 Å². The molecule has 0 amide bonds. The molecule has 1 rings (SSSR count). The second-order valence-corrected chi connectivity index (χ2v) is 5.52. The van der Waals surface area contributed by atoms with Crippen LogP contribution in [0, 0.1) is 6.92 Å². The number of unbranched alkanes of at least 4 members (excludes halogenated alkanes) is 8. The number of benzene rings is 1. The highest BCUT2D eigenvalue weighted by Gasteiger charge is 1.97. The summed E-state index contributed by atoms with van der Waals surface area (Å²) in [4.78, 5) is 0. The summed E-state index contributed by atoms with van der Waals surface area (Å²) in [5.41, 5.74) is 1.22. The van der Waals surface area contributed by atoms with Crippen molar-refractivity contribution >= 4 is 0 Å². The molecule has 2 heteroatoms. The molecule has 0 radical (unpaired) electrons. The zero-order valence-corrected chi connectivity index (χ0v) is 12.9. The minimum absolute atomic E-state index is 0.348. The topological polar surface area (TPSA) is 29.5 Å². The first-order valence-corrected chi connectivity index (χ1v) is 8.14. The molecule has 0 fully saturated rings. The minimum atomic E-state index is 0.348. The molecule has 1 aromatic carbocycles. The molecule has 0 saturated carbocycles. The van der Waals surface area contributed by atoms with Gasteiger partial charge < -0.3 is 9.84 Å². The van der Waals surface area contributed by atoms with E-state index in [0.29, 0.717) is 6.61 Å². The van der Waals surface area contributed by atoms with Crippen LogP contribution in [0.4, 0.5) is 0 Å². The molecule has 0 aliphatic carbocycles. The number of rotatable bonds is 12. The van der Waals surface area contributed by atoms with E-state index in [0.717, 1.165) is 25.2 Å². The molecular weight excluding hydrogens is 248 g/mol. The maximum atomic E-state index is 8.68. The number of para-hydroxylation sites is 1. The fourth-order valence-corrected chi connectivity index (χ4v) is 2.35. The van der Waals surface area contributed by atoms with Crippen molar-refractivity contribution in [3.05, 3.63) is 29.8 Å². The number of aryl methyl sites for hydroxylation is 1. The Labute approximate surface area is 124 Å².